The molecule has 1 aliphatic heterocycles. The standard InChI is InChI=1S/C15H20N4O2S/c1-4-18-5-7-19(8-6-18)13-11-10(2)12(15(20)21-3)22-14(11)17-9-16-13/h9H,4-8H2,1-3H3. The van der Waals surface area contributed by atoms with Crippen molar-refractivity contribution in [2.75, 3.05) is 44.7 Å². The SMILES string of the molecule is CCN1CCN(c2ncnc3sc(C(=O)OC)c(C)c23)CC1. The molecule has 0 N–H and O–H groups in total. The highest BCUT2D eigenvalue weighted by Gasteiger charge is 2.24. The first-order chi connectivity index (χ1) is 10.7. The van der Waals surface area contributed by atoms with Crippen LogP contribution in [0.4, 0.5) is 5.82 Å². The van der Waals surface area contributed by atoms with Gasteiger partial charge in [0.1, 0.15) is 21.9 Å². The molecule has 0 radical (unpaired) electrons. The van der Waals surface area contributed by atoms with Gasteiger partial charge in [-0.3, -0.25) is 0 Å². The summed E-state index contributed by atoms with van der Waals surface area (Å²) in [6.07, 6.45) is 1.58. The van der Waals surface area contributed by atoms with Gasteiger partial charge in [0.2, 0.25) is 0 Å². The van der Waals surface area contributed by atoms with Gasteiger partial charge in [0, 0.05) is 26.2 Å². The number of thiophene rings is 1. The van der Waals surface area contributed by atoms with Crippen LogP contribution >= 0.6 is 11.3 Å². The topological polar surface area (TPSA) is 58.6 Å². The molecule has 1 saturated heterocycles. The Labute approximate surface area is 133 Å². The molecule has 0 bridgehead atoms. The van der Waals surface area contributed by atoms with Crippen molar-refractivity contribution >= 4 is 33.3 Å². The van der Waals surface area contributed by atoms with Crippen LogP contribution in [0.1, 0.15) is 22.2 Å². The number of esters is 1. The molecule has 118 valence electrons. The molecule has 0 amide bonds. The molecule has 1 aliphatic rings. The Morgan fingerprint density at radius 2 is 2.05 bits per heavy atom. The smallest absolute Gasteiger partial charge is 0.348 e. The van der Waals surface area contributed by atoms with Crippen molar-refractivity contribution < 1.29 is 9.53 Å². The normalized spacial score (nSPS) is 16.2. The van der Waals surface area contributed by atoms with Crippen molar-refractivity contribution in [2.24, 2.45) is 0 Å². The van der Waals surface area contributed by atoms with Gasteiger partial charge in [-0.05, 0) is 19.0 Å². The summed E-state index contributed by atoms with van der Waals surface area (Å²) >= 11 is 1.38. The van der Waals surface area contributed by atoms with Crippen LogP contribution in [0.25, 0.3) is 10.2 Å². The predicted octanol–water partition coefficient (Wildman–Crippen LogP) is 1.93. The molecule has 0 aromatic carbocycles. The lowest BCUT2D eigenvalue weighted by Gasteiger charge is -2.35. The van der Waals surface area contributed by atoms with Crippen LogP contribution in [0.5, 0.6) is 0 Å². The van der Waals surface area contributed by atoms with Crippen molar-refractivity contribution in [3.63, 3.8) is 0 Å². The highest BCUT2D eigenvalue weighted by Crippen LogP contribution is 2.35. The average Bonchev–Trinajstić information content (AvgIpc) is 2.91. The zero-order chi connectivity index (χ0) is 15.7. The number of hydrogen-bond acceptors (Lipinski definition) is 7. The Morgan fingerprint density at radius 1 is 1.32 bits per heavy atom. The summed E-state index contributed by atoms with van der Waals surface area (Å²) in [6.45, 7) is 9.18. The number of carbonyl (C=O) groups excluding carboxylic acids is 1. The van der Waals surface area contributed by atoms with Crippen LogP contribution < -0.4 is 4.90 Å². The van der Waals surface area contributed by atoms with E-state index in [9.17, 15) is 4.79 Å². The lowest BCUT2D eigenvalue weighted by molar-refractivity contribution is 0.0605. The number of methoxy groups -OCH3 is 1. The molecule has 3 heterocycles. The zero-order valence-corrected chi connectivity index (χ0v) is 13.9. The van der Waals surface area contributed by atoms with Gasteiger partial charge in [0.05, 0.1) is 12.5 Å². The summed E-state index contributed by atoms with van der Waals surface area (Å²) in [6, 6.07) is 0. The number of rotatable bonds is 3. The van der Waals surface area contributed by atoms with Crippen LogP contribution in [-0.4, -0.2) is 60.7 Å². The fourth-order valence-electron chi connectivity index (χ4n) is 2.86. The van der Waals surface area contributed by atoms with Gasteiger partial charge in [-0.15, -0.1) is 11.3 Å². The number of hydrogen-bond donors (Lipinski definition) is 0. The van der Waals surface area contributed by atoms with Gasteiger partial charge in [-0.25, -0.2) is 14.8 Å². The third kappa shape index (κ3) is 2.55. The number of likely N-dealkylation sites (N-methyl/N-ethyl adjacent to an activating group) is 1. The van der Waals surface area contributed by atoms with E-state index in [2.05, 4.69) is 26.7 Å². The number of ether oxygens (including phenoxy) is 1. The van der Waals surface area contributed by atoms with Crippen LogP contribution in [0.15, 0.2) is 6.33 Å². The van der Waals surface area contributed by atoms with E-state index in [4.69, 9.17) is 4.74 Å². The monoisotopic (exact) mass is 320 g/mol. The van der Waals surface area contributed by atoms with E-state index in [1.165, 1.54) is 18.4 Å². The summed E-state index contributed by atoms with van der Waals surface area (Å²) < 4.78 is 4.86. The highest BCUT2D eigenvalue weighted by molar-refractivity contribution is 7.20. The molecular weight excluding hydrogens is 300 g/mol. The number of fused-ring (bicyclic) bond motifs is 1. The van der Waals surface area contributed by atoms with Crippen molar-refractivity contribution in [1.82, 2.24) is 14.9 Å². The van der Waals surface area contributed by atoms with Crippen molar-refractivity contribution in [1.29, 1.82) is 0 Å². The quantitative estimate of drug-likeness (QED) is 0.806. The lowest BCUT2D eigenvalue weighted by Crippen LogP contribution is -2.46. The van der Waals surface area contributed by atoms with Crippen LogP contribution in [0.2, 0.25) is 0 Å². The molecule has 2 aromatic heterocycles. The minimum absolute atomic E-state index is 0.303. The second-order valence-electron chi connectivity index (χ2n) is 5.35. The molecule has 0 saturated carbocycles. The Balaban J connectivity index is 2.00. The summed E-state index contributed by atoms with van der Waals surface area (Å²) in [5.74, 6) is 0.631. The van der Waals surface area contributed by atoms with Gasteiger partial charge in [-0.2, -0.15) is 0 Å². The van der Waals surface area contributed by atoms with Crippen LogP contribution in [0, 0.1) is 6.92 Å². The molecule has 0 spiro atoms. The van der Waals surface area contributed by atoms with E-state index in [0.29, 0.717) is 4.88 Å². The number of carbonyl (C=O) groups is 1. The van der Waals surface area contributed by atoms with Crippen molar-refractivity contribution in [3.8, 4) is 0 Å². The molecule has 3 rings (SSSR count). The first-order valence-electron chi connectivity index (χ1n) is 7.45. The summed E-state index contributed by atoms with van der Waals surface area (Å²) in [5, 5.41) is 0.984. The van der Waals surface area contributed by atoms with Crippen LogP contribution in [-0.2, 0) is 4.74 Å². The fraction of sp³-hybridized carbons (Fsp3) is 0.533. The summed E-state index contributed by atoms with van der Waals surface area (Å²) in [7, 11) is 1.41. The minimum atomic E-state index is -0.303. The highest BCUT2D eigenvalue weighted by atomic mass is 32.1. The molecule has 22 heavy (non-hydrogen) atoms. The molecular formula is C15H20N4O2S. The number of anilines is 1. The van der Waals surface area contributed by atoms with Gasteiger partial charge in [0.25, 0.3) is 0 Å². The largest absolute Gasteiger partial charge is 0.465 e. The molecule has 0 aliphatic carbocycles. The van der Waals surface area contributed by atoms with Crippen molar-refractivity contribution in [2.45, 2.75) is 13.8 Å². The Kier molecular flexibility index (Phi) is 4.26. The molecule has 1 fully saturated rings. The number of nitrogens with zero attached hydrogens (tertiary/aromatic N) is 4. The zero-order valence-electron chi connectivity index (χ0n) is 13.1. The van der Waals surface area contributed by atoms with Gasteiger partial charge >= 0.3 is 5.97 Å². The number of aryl methyl sites for hydroxylation is 1. The molecule has 6 nitrogen and oxygen atoms in total. The van der Waals surface area contributed by atoms with Crippen molar-refractivity contribution in [3.05, 3.63) is 16.8 Å². The lowest BCUT2D eigenvalue weighted by atomic mass is 10.2. The molecule has 0 unspecified atom stereocenters. The number of aromatic nitrogens is 2. The van der Waals surface area contributed by atoms with E-state index >= 15 is 0 Å². The molecule has 0 atom stereocenters. The maximum atomic E-state index is 11.9. The minimum Gasteiger partial charge on any atom is -0.465 e. The Hall–Kier alpha value is -1.73. The molecule has 7 heteroatoms. The van der Waals surface area contributed by atoms with Gasteiger partial charge in [0.15, 0.2) is 0 Å². The van der Waals surface area contributed by atoms with E-state index in [-0.39, 0.29) is 5.97 Å². The third-order valence-corrected chi connectivity index (χ3v) is 5.38. The molecule has 2 aromatic rings. The number of piperazine rings is 1. The second-order valence-corrected chi connectivity index (χ2v) is 6.35. The van der Waals surface area contributed by atoms with Gasteiger partial charge < -0.3 is 14.5 Å². The maximum absolute atomic E-state index is 11.9. The summed E-state index contributed by atoms with van der Waals surface area (Å²) in [5.41, 5.74) is 0.917. The summed E-state index contributed by atoms with van der Waals surface area (Å²) in [4.78, 5) is 26.9. The Morgan fingerprint density at radius 3 is 2.68 bits per heavy atom. The first-order valence-corrected chi connectivity index (χ1v) is 8.27. The van der Waals surface area contributed by atoms with E-state index in [0.717, 1.165) is 54.3 Å². The average molecular weight is 320 g/mol. The van der Waals surface area contributed by atoms with E-state index in [1.807, 2.05) is 6.92 Å². The van der Waals surface area contributed by atoms with E-state index in [1.54, 1.807) is 6.33 Å². The van der Waals surface area contributed by atoms with Gasteiger partial charge in [-0.1, -0.05) is 6.92 Å². The van der Waals surface area contributed by atoms with Crippen LogP contribution in [0.3, 0.4) is 0 Å². The predicted molar refractivity (Wildman–Crippen MR) is 87.8 cm³/mol. The maximum Gasteiger partial charge on any atom is 0.348 e. The van der Waals surface area contributed by atoms with E-state index < -0.39 is 0 Å². The Bertz CT molecular complexity index is 692. The second kappa shape index (κ2) is 6.18. The fourth-order valence-corrected chi connectivity index (χ4v) is 3.92. The third-order valence-electron chi connectivity index (χ3n) is 4.20. The first kappa shape index (κ1) is 15.2.